The van der Waals surface area contributed by atoms with Crippen molar-refractivity contribution in [2.75, 3.05) is 13.7 Å². The van der Waals surface area contributed by atoms with Gasteiger partial charge in [-0.05, 0) is 43.2 Å². The van der Waals surface area contributed by atoms with Crippen molar-refractivity contribution in [2.45, 2.75) is 36.0 Å². The highest BCUT2D eigenvalue weighted by Crippen LogP contribution is 2.44. The van der Waals surface area contributed by atoms with E-state index in [1.54, 1.807) is 7.11 Å². The Kier molecular flexibility index (Phi) is 5.53. The minimum Gasteiger partial charge on any atom is -0.496 e. The van der Waals surface area contributed by atoms with Crippen LogP contribution in [0.2, 0.25) is 0 Å². The van der Waals surface area contributed by atoms with E-state index in [0.717, 1.165) is 37.0 Å². The maximum atomic E-state index is 12.7. The van der Waals surface area contributed by atoms with E-state index in [4.69, 9.17) is 10.5 Å². The first-order valence-corrected chi connectivity index (χ1v) is 10.4. The third-order valence-electron chi connectivity index (χ3n) is 5.29. The van der Waals surface area contributed by atoms with Crippen LogP contribution < -0.4 is 15.2 Å². The fourth-order valence-corrected chi connectivity index (χ4v) is 4.92. The van der Waals surface area contributed by atoms with E-state index >= 15 is 0 Å². The molecule has 0 radical (unpaired) electrons. The van der Waals surface area contributed by atoms with Crippen LogP contribution >= 0.6 is 0 Å². The Bertz CT molecular complexity index is 917. The van der Waals surface area contributed by atoms with Crippen molar-refractivity contribution in [1.82, 2.24) is 4.72 Å². The van der Waals surface area contributed by atoms with Crippen LogP contribution in [0.3, 0.4) is 0 Å². The fraction of sp³-hybridized carbons (Fsp3) is 0.350. The van der Waals surface area contributed by atoms with Crippen LogP contribution in [0.5, 0.6) is 5.75 Å². The van der Waals surface area contributed by atoms with E-state index in [9.17, 15) is 13.2 Å². The number of carbonyl (C=O) groups excluding carboxylic acids is 1. The first-order chi connectivity index (χ1) is 12.9. The largest absolute Gasteiger partial charge is 0.496 e. The zero-order valence-corrected chi connectivity index (χ0v) is 16.1. The van der Waals surface area contributed by atoms with Gasteiger partial charge in [-0.2, -0.15) is 0 Å². The highest BCUT2D eigenvalue weighted by molar-refractivity contribution is 7.89. The monoisotopic (exact) mass is 388 g/mol. The molecule has 0 aliphatic heterocycles. The number of nitrogens with two attached hydrogens (primary N) is 1. The van der Waals surface area contributed by atoms with Crippen molar-refractivity contribution in [3.63, 3.8) is 0 Å². The van der Waals surface area contributed by atoms with Crippen molar-refractivity contribution in [2.24, 2.45) is 5.73 Å². The molecular weight excluding hydrogens is 364 g/mol. The van der Waals surface area contributed by atoms with Crippen LogP contribution in [-0.4, -0.2) is 28.0 Å². The molecule has 3 N–H and O–H groups in total. The van der Waals surface area contributed by atoms with E-state index < -0.39 is 15.9 Å². The van der Waals surface area contributed by atoms with Gasteiger partial charge in [-0.25, -0.2) is 13.1 Å². The number of ether oxygens (including phenoxy) is 1. The molecule has 0 aromatic heterocycles. The molecule has 1 saturated carbocycles. The Hall–Kier alpha value is -2.38. The van der Waals surface area contributed by atoms with Crippen molar-refractivity contribution in [3.05, 3.63) is 59.7 Å². The Labute approximate surface area is 159 Å². The van der Waals surface area contributed by atoms with Crippen LogP contribution in [0.15, 0.2) is 53.4 Å². The Morgan fingerprint density at radius 2 is 1.74 bits per heavy atom. The molecule has 0 atom stereocenters. The van der Waals surface area contributed by atoms with Gasteiger partial charge in [0, 0.05) is 23.1 Å². The number of amides is 1. The summed E-state index contributed by atoms with van der Waals surface area (Å²) >= 11 is 0. The van der Waals surface area contributed by atoms with E-state index in [0.29, 0.717) is 6.54 Å². The second-order valence-corrected chi connectivity index (χ2v) is 8.67. The van der Waals surface area contributed by atoms with Crippen molar-refractivity contribution >= 4 is 15.9 Å². The van der Waals surface area contributed by atoms with Gasteiger partial charge in [-0.3, -0.25) is 4.79 Å². The summed E-state index contributed by atoms with van der Waals surface area (Å²) in [6, 6.07) is 13.4. The second kappa shape index (κ2) is 7.70. The van der Waals surface area contributed by atoms with Crippen molar-refractivity contribution < 1.29 is 17.9 Å². The van der Waals surface area contributed by atoms with Gasteiger partial charge < -0.3 is 10.5 Å². The summed E-state index contributed by atoms with van der Waals surface area (Å²) < 4.78 is 33.8. The summed E-state index contributed by atoms with van der Waals surface area (Å²) in [5.74, 6) is 0.192. The molecule has 1 aliphatic rings. The number of methoxy groups -OCH3 is 1. The molecule has 7 heteroatoms. The van der Waals surface area contributed by atoms with Gasteiger partial charge in [0.1, 0.15) is 5.75 Å². The Morgan fingerprint density at radius 3 is 2.33 bits per heavy atom. The van der Waals surface area contributed by atoms with Crippen molar-refractivity contribution in [3.8, 4) is 5.75 Å². The Balaban J connectivity index is 1.84. The molecule has 2 aromatic rings. The molecule has 144 valence electrons. The van der Waals surface area contributed by atoms with E-state index in [1.165, 1.54) is 24.3 Å². The van der Waals surface area contributed by atoms with Gasteiger partial charge in [0.2, 0.25) is 15.9 Å². The topological polar surface area (TPSA) is 98.5 Å². The third-order valence-corrected chi connectivity index (χ3v) is 6.71. The Morgan fingerprint density at radius 1 is 1.11 bits per heavy atom. The minimum atomic E-state index is -3.70. The highest BCUT2D eigenvalue weighted by Gasteiger charge is 2.38. The summed E-state index contributed by atoms with van der Waals surface area (Å²) in [5, 5.41) is 0. The van der Waals surface area contributed by atoms with Crippen LogP contribution in [0, 0.1) is 0 Å². The SMILES string of the molecule is COc1ccccc1C1(CNS(=O)(=O)c2ccc(C(N)=O)cc2)CCCC1. The molecule has 0 heterocycles. The van der Waals surface area contributed by atoms with Crippen LogP contribution in [0.4, 0.5) is 0 Å². The predicted octanol–water partition coefficient (Wildman–Crippen LogP) is 2.58. The quantitative estimate of drug-likeness (QED) is 0.762. The molecule has 0 unspecified atom stereocenters. The number of hydrogen-bond donors (Lipinski definition) is 2. The van der Waals surface area contributed by atoms with Crippen LogP contribution in [0.25, 0.3) is 0 Å². The third kappa shape index (κ3) is 3.99. The lowest BCUT2D eigenvalue weighted by Gasteiger charge is -2.31. The van der Waals surface area contributed by atoms with Crippen molar-refractivity contribution in [1.29, 1.82) is 0 Å². The first kappa shape index (κ1) is 19.4. The molecule has 3 rings (SSSR count). The predicted molar refractivity (Wildman–Crippen MR) is 103 cm³/mol. The number of nitrogens with one attached hydrogen (secondary N) is 1. The summed E-state index contributed by atoms with van der Waals surface area (Å²) in [6.45, 7) is 0.299. The lowest BCUT2D eigenvalue weighted by Crippen LogP contribution is -2.39. The van der Waals surface area contributed by atoms with Crippen LogP contribution in [0.1, 0.15) is 41.6 Å². The lowest BCUT2D eigenvalue weighted by atomic mass is 9.78. The summed E-state index contributed by atoms with van der Waals surface area (Å²) in [4.78, 5) is 11.3. The van der Waals surface area contributed by atoms with Gasteiger partial charge in [0.25, 0.3) is 0 Å². The average molecular weight is 388 g/mol. The molecule has 1 amide bonds. The van der Waals surface area contributed by atoms with E-state index in [1.807, 2.05) is 24.3 Å². The zero-order chi connectivity index (χ0) is 19.5. The highest BCUT2D eigenvalue weighted by atomic mass is 32.2. The maximum absolute atomic E-state index is 12.7. The minimum absolute atomic E-state index is 0.112. The number of carbonyl (C=O) groups is 1. The molecule has 1 fully saturated rings. The summed E-state index contributed by atoms with van der Waals surface area (Å²) in [6.07, 6.45) is 3.90. The van der Waals surface area contributed by atoms with Gasteiger partial charge in [0.05, 0.1) is 12.0 Å². The van der Waals surface area contributed by atoms with Gasteiger partial charge >= 0.3 is 0 Å². The molecule has 27 heavy (non-hydrogen) atoms. The van der Waals surface area contributed by atoms with E-state index in [2.05, 4.69) is 4.72 Å². The molecule has 1 aliphatic carbocycles. The normalized spacial score (nSPS) is 16.2. The number of hydrogen-bond acceptors (Lipinski definition) is 4. The number of primary amides is 1. The molecular formula is C20H24N2O4S. The van der Waals surface area contributed by atoms with Gasteiger partial charge in [-0.15, -0.1) is 0 Å². The standard InChI is InChI=1S/C20H24N2O4S/c1-26-18-7-3-2-6-17(18)20(12-4-5-13-20)14-22-27(24,25)16-10-8-15(9-11-16)19(21)23/h2-3,6-11,22H,4-5,12-14H2,1H3,(H2,21,23). The molecule has 2 aromatic carbocycles. The number of rotatable bonds is 7. The number of para-hydroxylation sites is 1. The number of sulfonamides is 1. The van der Waals surface area contributed by atoms with Gasteiger partial charge in [-0.1, -0.05) is 31.0 Å². The molecule has 0 bridgehead atoms. The van der Waals surface area contributed by atoms with E-state index in [-0.39, 0.29) is 15.9 Å². The number of benzene rings is 2. The lowest BCUT2D eigenvalue weighted by molar-refractivity contribution is 0.1000. The second-order valence-electron chi connectivity index (χ2n) is 6.90. The average Bonchev–Trinajstić information content (AvgIpc) is 3.16. The zero-order valence-electron chi connectivity index (χ0n) is 15.3. The first-order valence-electron chi connectivity index (χ1n) is 8.91. The fourth-order valence-electron chi connectivity index (χ4n) is 3.79. The van der Waals surface area contributed by atoms with Crippen LogP contribution in [-0.2, 0) is 15.4 Å². The summed E-state index contributed by atoms with van der Waals surface area (Å²) in [5.41, 5.74) is 6.23. The summed E-state index contributed by atoms with van der Waals surface area (Å²) in [7, 11) is -2.07. The molecule has 6 nitrogen and oxygen atoms in total. The maximum Gasteiger partial charge on any atom is 0.248 e. The molecule has 0 spiro atoms. The smallest absolute Gasteiger partial charge is 0.248 e. The molecule has 0 saturated heterocycles. The van der Waals surface area contributed by atoms with Gasteiger partial charge in [0.15, 0.2) is 0 Å².